The second-order valence-corrected chi connectivity index (χ2v) is 16.8. The molecule has 2 atom stereocenters. The van der Waals surface area contributed by atoms with Gasteiger partial charge in [-0.25, -0.2) is 0 Å². The summed E-state index contributed by atoms with van der Waals surface area (Å²) in [4.78, 5) is 2.62. The first-order valence-corrected chi connectivity index (χ1v) is 21.2. The SMILES string of the molecule is C1=CC2=C(c3ccccc3)NC(n3c4ccccc4c4cc(-c5ccc6c(c5)c5c7cccc8c7c(cc5n6-c5ccccc5)Sc5ccccc5-8)ccc43)NC2C=C1. The molecule has 59 heavy (non-hydrogen) atoms. The van der Waals surface area contributed by atoms with Gasteiger partial charge in [0.2, 0.25) is 0 Å². The van der Waals surface area contributed by atoms with Crippen molar-refractivity contribution in [2.45, 2.75) is 22.1 Å². The van der Waals surface area contributed by atoms with Gasteiger partial charge in [0.15, 0.2) is 6.29 Å². The van der Waals surface area contributed by atoms with Gasteiger partial charge >= 0.3 is 0 Å². The highest BCUT2D eigenvalue weighted by Crippen LogP contribution is 2.51. The lowest BCUT2D eigenvalue weighted by molar-refractivity contribution is 0.363. The molecule has 0 amide bonds. The molecule has 0 radical (unpaired) electrons. The molecule has 10 aromatic rings. The largest absolute Gasteiger partial charge is 0.352 e. The number of hydrogen-bond donors (Lipinski definition) is 2. The first-order valence-electron chi connectivity index (χ1n) is 20.3. The summed E-state index contributed by atoms with van der Waals surface area (Å²) in [5.41, 5.74) is 14.6. The van der Waals surface area contributed by atoms with Crippen molar-refractivity contribution in [1.29, 1.82) is 0 Å². The fourth-order valence-corrected chi connectivity index (χ4v) is 11.2. The van der Waals surface area contributed by atoms with E-state index in [-0.39, 0.29) is 12.3 Å². The molecule has 3 aliphatic rings. The van der Waals surface area contributed by atoms with Crippen molar-refractivity contribution in [3.63, 3.8) is 0 Å². The molecule has 4 heterocycles. The lowest BCUT2D eigenvalue weighted by atomic mass is 9.94. The molecule has 2 aromatic heterocycles. The maximum absolute atomic E-state index is 3.93. The van der Waals surface area contributed by atoms with Gasteiger partial charge in [-0.1, -0.05) is 151 Å². The minimum atomic E-state index is -0.163. The number of nitrogens with one attached hydrogen (secondary N) is 2. The molecule has 2 aliphatic heterocycles. The zero-order valence-corrected chi connectivity index (χ0v) is 32.7. The van der Waals surface area contributed by atoms with E-state index in [1.165, 1.54) is 103 Å². The van der Waals surface area contributed by atoms with E-state index in [9.17, 15) is 0 Å². The number of nitrogens with zero attached hydrogens (tertiary/aromatic N) is 2. The summed E-state index contributed by atoms with van der Waals surface area (Å²) >= 11 is 1.89. The fraction of sp³-hybridized carbons (Fsp3) is 0.0370. The van der Waals surface area contributed by atoms with Crippen LogP contribution in [-0.2, 0) is 0 Å². The zero-order valence-electron chi connectivity index (χ0n) is 31.9. The number of hydrogen-bond acceptors (Lipinski definition) is 3. The van der Waals surface area contributed by atoms with E-state index in [2.05, 4.69) is 214 Å². The summed E-state index contributed by atoms with van der Waals surface area (Å²) in [6, 6.07) is 62.7. The average molecular weight is 773 g/mol. The molecule has 5 heteroatoms. The number of aromatic nitrogens is 2. The Kier molecular flexibility index (Phi) is 7.11. The second kappa shape index (κ2) is 12.7. The summed E-state index contributed by atoms with van der Waals surface area (Å²) in [6.45, 7) is 0. The Labute approximate surface area is 345 Å². The van der Waals surface area contributed by atoms with Gasteiger partial charge in [0, 0.05) is 48.1 Å². The van der Waals surface area contributed by atoms with E-state index < -0.39 is 0 Å². The molecule has 0 bridgehead atoms. The van der Waals surface area contributed by atoms with Crippen LogP contribution in [0.2, 0.25) is 0 Å². The molecule has 2 unspecified atom stereocenters. The molecule has 0 spiro atoms. The number of benzene rings is 8. The molecular formula is C54H36N4S. The first-order chi connectivity index (χ1) is 29.3. The Bertz CT molecular complexity index is 3480. The van der Waals surface area contributed by atoms with E-state index in [0.29, 0.717) is 0 Å². The summed E-state index contributed by atoms with van der Waals surface area (Å²) in [7, 11) is 0. The standard InChI is InChI=1S/C54H36N4S/c1-3-14-33(15-4-1)53-40-20-7-10-23-44(40)55-54(56-53)58-45-24-11-8-18-37(45)42-30-34(26-28-46(42)58)35-27-29-47-43(31-35)51-41-22-13-21-39-38-19-9-12-25-49(38)59-50(52(39)41)32-48(51)57(47)36-16-5-2-6-17-36/h1-32,44,54-56H. The summed E-state index contributed by atoms with van der Waals surface area (Å²) < 4.78 is 4.90. The number of allylic oxidation sites excluding steroid dienone is 2. The van der Waals surface area contributed by atoms with Crippen molar-refractivity contribution >= 4 is 71.8 Å². The highest BCUT2D eigenvalue weighted by Gasteiger charge is 2.30. The van der Waals surface area contributed by atoms with E-state index in [1.54, 1.807) is 0 Å². The van der Waals surface area contributed by atoms with Crippen molar-refractivity contribution in [1.82, 2.24) is 19.8 Å². The van der Waals surface area contributed by atoms with E-state index >= 15 is 0 Å². The Morgan fingerprint density at radius 2 is 1.19 bits per heavy atom. The third kappa shape index (κ3) is 4.89. The Morgan fingerprint density at radius 3 is 2.07 bits per heavy atom. The normalized spacial score (nSPS) is 16.9. The monoisotopic (exact) mass is 772 g/mol. The van der Waals surface area contributed by atoms with Crippen molar-refractivity contribution in [3.05, 3.63) is 205 Å². The van der Waals surface area contributed by atoms with Crippen LogP contribution in [0.1, 0.15) is 11.9 Å². The van der Waals surface area contributed by atoms with Crippen LogP contribution in [0.15, 0.2) is 210 Å². The van der Waals surface area contributed by atoms with Gasteiger partial charge in [-0.05, 0) is 93.4 Å². The molecule has 8 aromatic carbocycles. The van der Waals surface area contributed by atoms with Crippen LogP contribution in [0, 0.1) is 0 Å². The topological polar surface area (TPSA) is 33.9 Å². The lowest BCUT2D eigenvalue weighted by Crippen LogP contribution is -2.48. The van der Waals surface area contributed by atoms with Crippen LogP contribution in [0.3, 0.4) is 0 Å². The maximum Gasteiger partial charge on any atom is 0.160 e. The van der Waals surface area contributed by atoms with Crippen LogP contribution >= 0.6 is 11.8 Å². The van der Waals surface area contributed by atoms with Gasteiger partial charge in [-0.2, -0.15) is 0 Å². The van der Waals surface area contributed by atoms with Crippen LogP contribution in [0.4, 0.5) is 0 Å². The van der Waals surface area contributed by atoms with E-state index in [1.807, 2.05) is 11.8 Å². The predicted octanol–water partition coefficient (Wildman–Crippen LogP) is 13.4. The Hall–Kier alpha value is -7.05. The van der Waals surface area contributed by atoms with Crippen LogP contribution in [-0.4, -0.2) is 15.2 Å². The van der Waals surface area contributed by atoms with Gasteiger partial charge in [0.05, 0.1) is 28.1 Å². The third-order valence-corrected chi connectivity index (χ3v) is 13.7. The molecule has 1 aliphatic carbocycles. The number of para-hydroxylation sites is 2. The molecule has 2 N–H and O–H groups in total. The van der Waals surface area contributed by atoms with Gasteiger partial charge in [0.1, 0.15) is 0 Å². The molecular weight excluding hydrogens is 737 g/mol. The van der Waals surface area contributed by atoms with Crippen molar-refractivity contribution in [2.75, 3.05) is 0 Å². The average Bonchev–Trinajstić information content (AvgIpc) is 3.81. The van der Waals surface area contributed by atoms with Crippen molar-refractivity contribution in [3.8, 4) is 27.9 Å². The van der Waals surface area contributed by atoms with Crippen LogP contribution in [0.5, 0.6) is 0 Å². The Balaban J connectivity index is 1.01. The highest BCUT2D eigenvalue weighted by molar-refractivity contribution is 7.99. The summed E-state index contributed by atoms with van der Waals surface area (Å²) in [5.74, 6) is 0. The van der Waals surface area contributed by atoms with Gasteiger partial charge in [-0.15, -0.1) is 0 Å². The number of rotatable bonds is 4. The first kappa shape index (κ1) is 33.0. The molecule has 4 nitrogen and oxygen atoms in total. The van der Waals surface area contributed by atoms with E-state index in [4.69, 9.17) is 0 Å². The highest BCUT2D eigenvalue weighted by atomic mass is 32.2. The van der Waals surface area contributed by atoms with Crippen LogP contribution in [0.25, 0.3) is 88.0 Å². The second-order valence-electron chi connectivity index (χ2n) is 15.7. The molecule has 0 saturated carbocycles. The maximum atomic E-state index is 3.93. The Morgan fingerprint density at radius 1 is 0.475 bits per heavy atom. The van der Waals surface area contributed by atoms with Gasteiger partial charge < -0.3 is 14.5 Å². The van der Waals surface area contributed by atoms with Crippen molar-refractivity contribution < 1.29 is 0 Å². The third-order valence-electron chi connectivity index (χ3n) is 12.6. The zero-order chi connectivity index (χ0) is 38.6. The van der Waals surface area contributed by atoms with Crippen LogP contribution < -0.4 is 10.6 Å². The minimum Gasteiger partial charge on any atom is -0.352 e. The smallest absolute Gasteiger partial charge is 0.160 e. The molecule has 0 saturated heterocycles. The summed E-state index contributed by atoms with van der Waals surface area (Å²) in [5, 5.41) is 15.5. The molecule has 278 valence electrons. The predicted molar refractivity (Wildman–Crippen MR) is 247 cm³/mol. The minimum absolute atomic E-state index is 0.0901. The van der Waals surface area contributed by atoms with Gasteiger partial charge in [-0.3, -0.25) is 5.32 Å². The molecule has 13 rings (SSSR count). The molecule has 0 fully saturated rings. The quantitative estimate of drug-likeness (QED) is 0.187. The number of fused-ring (bicyclic) bond motifs is 10. The van der Waals surface area contributed by atoms with E-state index in [0.717, 1.165) is 5.70 Å². The lowest BCUT2D eigenvalue weighted by Gasteiger charge is -2.37. The van der Waals surface area contributed by atoms with Gasteiger partial charge in [0.25, 0.3) is 0 Å². The summed E-state index contributed by atoms with van der Waals surface area (Å²) in [6.07, 6.45) is 8.60. The fourth-order valence-electron chi connectivity index (χ4n) is 10.0. The van der Waals surface area contributed by atoms with Crippen molar-refractivity contribution in [2.24, 2.45) is 0 Å².